The molecule has 0 saturated carbocycles. The molecule has 1 aliphatic carbocycles. The molecule has 1 aromatic heterocycles. The highest BCUT2D eigenvalue weighted by atomic mass is 16.1. The molecule has 1 heterocycles. The summed E-state index contributed by atoms with van der Waals surface area (Å²) in [5.74, 6) is 0. The zero-order valence-corrected chi connectivity index (χ0v) is 8.34. The predicted octanol–water partition coefficient (Wildman–Crippen LogP) is 1.86. The molecule has 0 amide bonds. The van der Waals surface area contributed by atoms with E-state index in [-0.39, 0.29) is 5.69 Å². The quantitative estimate of drug-likeness (QED) is 0.725. The summed E-state index contributed by atoms with van der Waals surface area (Å²) in [7, 11) is 0. The first-order valence-electron chi connectivity index (χ1n) is 5.23. The number of hydrogen-bond acceptors (Lipinski definition) is 1. The van der Waals surface area contributed by atoms with Crippen LogP contribution in [0.15, 0.2) is 29.2 Å². The molecule has 2 aromatic rings. The Balaban J connectivity index is 2.10. The van der Waals surface area contributed by atoms with E-state index in [1.807, 2.05) is 0 Å². The lowest BCUT2D eigenvalue weighted by molar-refractivity contribution is 0.912. The Morgan fingerprint density at radius 2 is 2.00 bits per heavy atom. The fourth-order valence-electron chi connectivity index (χ4n) is 2.23. The number of benzene rings is 1. The van der Waals surface area contributed by atoms with Crippen LogP contribution in [-0.2, 0) is 12.8 Å². The normalized spacial score (nSPS) is 14.1. The van der Waals surface area contributed by atoms with Crippen molar-refractivity contribution in [3.05, 3.63) is 46.0 Å². The number of fused-ring (bicyclic) bond motifs is 1. The zero-order chi connectivity index (χ0) is 10.3. The molecule has 0 fully saturated rings. The van der Waals surface area contributed by atoms with Gasteiger partial charge in [0.25, 0.3) is 0 Å². The summed E-state index contributed by atoms with van der Waals surface area (Å²) in [6.45, 7) is 0. The van der Waals surface area contributed by atoms with Crippen molar-refractivity contribution >= 4 is 0 Å². The molecule has 0 radical (unpaired) electrons. The third-order valence-corrected chi connectivity index (χ3v) is 3.01. The first kappa shape index (κ1) is 8.53. The van der Waals surface area contributed by atoms with Gasteiger partial charge in [0, 0.05) is 6.20 Å². The lowest BCUT2D eigenvalue weighted by Gasteiger charge is -2.02. The van der Waals surface area contributed by atoms with E-state index in [4.69, 9.17) is 0 Å². The highest BCUT2D eigenvalue weighted by Crippen LogP contribution is 2.26. The van der Waals surface area contributed by atoms with Crippen molar-refractivity contribution in [1.29, 1.82) is 0 Å². The van der Waals surface area contributed by atoms with Crippen LogP contribution < -0.4 is 5.69 Å². The third kappa shape index (κ3) is 1.40. The van der Waals surface area contributed by atoms with E-state index in [1.54, 1.807) is 6.20 Å². The highest BCUT2D eigenvalue weighted by Gasteiger charge is 2.11. The molecular formula is C12H12N2O. The molecule has 3 nitrogen and oxygen atoms in total. The fourth-order valence-corrected chi connectivity index (χ4v) is 2.23. The Morgan fingerprint density at radius 1 is 1.13 bits per heavy atom. The summed E-state index contributed by atoms with van der Waals surface area (Å²) in [6.07, 6.45) is 5.33. The Labute approximate surface area is 87.2 Å². The Kier molecular flexibility index (Phi) is 1.78. The number of H-pyrrole nitrogens is 2. The van der Waals surface area contributed by atoms with E-state index >= 15 is 0 Å². The predicted molar refractivity (Wildman–Crippen MR) is 58.9 cm³/mol. The molecule has 1 aliphatic rings. The third-order valence-electron chi connectivity index (χ3n) is 3.01. The minimum absolute atomic E-state index is 0.148. The maximum atomic E-state index is 11.0. The van der Waals surface area contributed by atoms with Crippen LogP contribution in [0.1, 0.15) is 17.5 Å². The largest absolute Gasteiger partial charge is 0.323 e. The second-order valence-corrected chi connectivity index (χ2v) is 3.99. The summed E-state index contributed by atoms with van der Waals surface area (Å²) in [5, 5.41) is 0. The second kappa shape index (κ2) is 3.12. The van der Waals surface area contributed by atoms with Gasteiger partial charge in [0.1, 0.15) is 0 Å². The molecule has 0 saturated heterocycles. The number of hydrogen-bond donors (Lipinski definition) is 2. The molecule has 3 heteroatoms. The maximum absolute atomic E-state index is 11.0. The van der Waals surface area contributed by atoms with Gasteiger partial charge < -0.3 is 9.97 Å². The first-order valence-corrected chi connectivity index (χ1v) is 5.23. The second-order valence-electron chi connectivity index (χ2n) is 3.99. The molecule has 1 aromatic carbocycles. The van der Waals surface area contributed by atoms with Gasteiger partial charge >= 0.3 is 5.69 Å². The van der Waals surface area contributed by atoms with Gasteiger partial charge in [-0.05, 0) is 42.0 Å². The molecule has 0 atom stereocenters. The van der Waals surface area contributed by atoms with Crippen LogP contribution in [0.25, 0.3) is 11.3 Å². The van der Waals surface area contributed by atoms with E-state index in [2.05, 4.69) is 28.2 Å². The van der Waals surface area contributed by atoms with Gasteiger partial charge in [0.05, 0.1) is 5.69 Å². The topological polar surface area (TPSA) is 48.6 Å². The molecule has 3 rings (SSSR count). The van der Waals surface area contributed by atoms with Crippen molar-refractivity contribution < 1.29 is 0 Å². The van der Waals surface area contributed by atoms with Gasteiger partial charge in [-0.1, -0.05) is 12.1 Å². The summed E-state index contributed by atoms with van der Waals surface area (Å²) in [6, 6.07) is 6.42. The van der Waals surface area contributed by atoms with Crippen molar-refractivity contribution in [2.24, 2.45) is 0 Å². The van der Waals surface area contributed by atoms with Gasteiger partial charge in [-0.2, -0.15) is 0 Å². The van der Waals surface area contributed by atoms with Crippen LogP contribution in [0, 0.1) is 0 Å². The highest BCUT2D eigenvalue weighted by molar-refractivity contribution is 5.60. The Morgan fingerprint density at radius 3 is 2.80 bits per heavy atom. The number of aryl methyl sites for hydroxylation is 2. The average Bonchev–Trinajstić information content (AvgIpc) is 2.84. The molecule has 76 valence electrons. The summed E-state index contributed by atoms with van der Waals surface area (Å²) in [4.78, 5) is 16.4. The fraction of sp³-hybridized carbons (Fsp3) is 0.250. The van der Waals surface area contributed by atoms with Gasteiger partial charge in [0.2, 0.25) is 0 Å². The lowest BCUT2D eigenvalue weighted by Crippen LogP contribution is -2.00. The Bertz CT molecular complexity index is 551. The van der Waals surface area contributed by atoms with Gasteiger partial charge in [-0.3, -0.25) is 0 Å². The first-order chi connectivity index (χ1) is 7.33. The summed E-state index contributed by atoms with van der Waals surface area (Å²) < 4.78 is 0. The maximum Gasteiger partial charge on any atom is 0.323 e. The summed E-state index contributed by atoms with van der Waals surface area (Å²) in [5.41, 5.74) is 4.69. The molecule has 0 unspecified atom stereocenters. The number of imidazole rings is 1. The van der Waals surface area contributed by atoms with Crippen LogP contribution in [-0.4, -0.2) is 9.97 Å². The number of nitrogens with one attached hydrogen (secondary N) is 2. The molecule has 2 N–H and O–H groups in total. The Hall–Kier alpha value is -1.77. The van der Waals surface area contributed by atoms with Gasteiger partial charge in [0.15, 0.2) is 0 Å². The minimum Gasteiger partial charge on any atom is -0.312 e. The van der Waals surface area contributed by atoms with Crippen molar-refractivity contribution in [1.82, 2.24) is 9.97 Å². The van der Waals surface area contributed by atoms with Gasteiger partial charge in [-0.25, -0.2) is 4.79 Å². The van der Waals surface area contributed by atoms with E-state index in [0.29, 0.717) is 0 Å². The molecule has 0 spiro atoms. The average molecular weight is 200 g/mol. The molecular weight excluding hydrogens is 188 g/mol. The summed E-state index contributed by atoms with van der Waals surface area (Å²) >= 11 is 0. The molecule has 0 aliphatic heterocycles. The SMILES string of the molecule is O=c1[nH]cc(-c2ccc3c(c2)CCC3)[nH]1. The standard InChI is InChI=1S/C12H12N2O/c15-12-13-7-11(14-12)10-5-4-8-2-1-3-9(8)6-10/h4-7H,1-3H2,(H2,13,14,15). The lowest BCUT2D eigenvalue weighted by atomic mass is 10.1. The minimum atomic E-state index is -0.148. The van der Waals surface area contributed by atoms with Gasteiger partial charge in [-0.15, -0.1) is 0 Å². The van der Waals surface area contributed by atoms with E-state index in [1.165, 1.54) is 24.0 Å². The van der Waals surface area contributed by atoms with Crippen molar-refractivity contribution in [3.63, 3.8) is 0 Å². The molecule has 15 heavy (non-hydrogen) atoms. The van der Waals surface area contributed by atoms with Crippen molar-refractivity contribution in [3.8, 4) is 11.3 Å². The van der Waals surface area contributed by atoms with Crippen LogP contribution >= 0.6 is 0 Å². The monoisotopic (exact) mass is 200 g/mol. The van der Waals surface area contributed by atoms with Crippen LogP contribution in [0.2, 0.25) is 0 Å². The molecule has 0 bridgehead atoms. The van der Waals surface area contributed by atoms with Crippen LogP contribution in [0.5, 0.6) is 0 Å². The van der Waals surface area contributed by atoms with Crippen molar-refractivity contribution in [2.75, 3.05) is 0 Å². The number of aromatic amines is 2. The smallest absolute Gasteiger partial charge is 0.312 e. The zero-order valence-electron chi connectivity index (χ0n) is 8.34. The van der Waals surface area contributed by atoms with Crippen molar-refractivity contribution in [2.45, 2.75) is 19.3 Å². The van der Waals surface area contributed by atoms with E-state index in [9.17, 15) is 4.79 Å². The van der Waals surface area contributed by atoms with Crippen LogP contribution in [0.4, 0.5) is 0 Å². The van der Waals surface area contributed by atoms with E-state index in [0.717, 1.165) is 17.7 Å². The number of rotatable bonds is 1. The number of aromatic nitrogens is 2. The van der Waals surface area contributed by atoms with E-state index < -0.39 is 0 Å². The van der Waals surface area contributed by atoms with Crippen LogP contribution in [0.3, 0.4) is 0 Å².